The predicted molar refractivity (Wildman–Crippen MR) is 146 cm³/mol. The third-order valence-electron chi connectivity index (χ3n) is 6.26. The zero-order valence-corrected chi connectivity index (χ0v) is 23.3. The second kappa shape index (κ2) is 11.2. The maximum absolute atomic E-state index is 13.8. The molecule has 40 heavy (non-hydrogen) atoms. The second-order valence-electron chi connectivity index (χ2n) is 9.35. The van der Waals surface area contributed by atoms with E-state index in [4.69, 9.17) is 21.1 Å². The average molecular weight is 581 g/mol. The Hall–Kier alpha value is -4.12. The first-order valence-corrected chi connectivity index (χ1v) is 14.3. The highest BCUT2D eigenvalue weighted by Gasteiger charge is 2.37. The van der Waals surface area contributed by atoms with Gasteiger partial charge in [0.05, 0.1) is 34.4 Å². The van der Waals surface area contributed by atoms with Gasteiger partial charge in [-0.15, -0.1) is 10.2 Å². The number of aromatic nitrogens is 6. The number of benzene rings is 1. The highest BCUT2D eigenvalue weighted by atomic mass is 35.5. The van der Waals surface area contributed by atoms with Crippen molar-refractivity contribution in [3.63, 3.8) is 0 Å². The van der Waals surface area contributed by atoms with Crippen molar-refractivity contribution in [2.24, 2.45) is 0 Å². The molecule has 0 amide bonds. The van der Waals surface area contributed by atoms with Gasteiger partial charge in [0, 0.05) is 18.6 Å². The summed E-state index contributed by atoms with van der Waals surface area (Å²) in [6.07, 6.45) is 3.05. The number of pyridine rings is 1. The van der Waals surface area contributed by atoms with E-state index in [0.717, 1.165) is 0 Å². The zero-order valence-electron chi connectivity index (χ0n) is 21.8. The van der Waals surface area contributed by atoms with Crippen LogP contribution in [0.3, 0.4) is 0 Å². The lowest BCUT2D eigenvalue weighted by Crippen LogP contribution is -2.35. The van der Waals surface area contributed by atoms with Gasteiger partial charge in [0.15, 0.2) is 11.6 Å². The normalized spacial score (nSPS) is 16.1. The van der Waals surface area contributed by atoms with Gasteiger partial charge in [-0.3, -0.25) is 9.29 Å². The number of anilines is 1. The fourth-order valence-electron chi connectivity index (χ4n) is 4.34. The van der Waals surface area contributed by atoms with Gasteiger partial charge >= 0.3 is 0 Å². The third kappa shape index (κ3) is 5.46. The van der Waals surface area contributed by atoms with Crippen LogP contribution in [0.1, 0.15) is 49.9 Å². The van der Waals surface area contributed by atoms with E-state index < -0.39 is 27.4 Å². The first-order chi connectivity index (χ1) is 19.2. The molecule has 2 unspecified atom stereocenters. The van der Waals surface area contributed by atoms with Crippen LogP contribution in [0.25, 0.3) is 11.4 Å². The summed E-state index contributed by atoms with van der Waals surface area (Å²) in [4.78, 5) is 12.7. The Kier molecular flexibility index (Phi) is 7.66. The number of nitriles is 1. The molecule has 4 aromatic rings. The molecule has 206 valence electrons. The first-order valence-electron chi connectivity index (χ1n) is 12.4. The molecule has 0 saturated heterocycles. The molecular weight excluding hydrogens is 556 g/mol. The monoisotopic (exact) mass is 580 g/mol. The Morgan fingerprint density at radius 2 is 1.93 bits per heavy atom. The first kappa shape index (κ1) is 27.4. The van der Waals surface area contributed by atoms with Crippen LogP contribution in [0.4, 0.5) is 5.95 Å². The van der Waals surface area contributed by atoms with Crippen LogP contribution in [-0.2, 0) is 14.8 Å². The van der Waals surface area contributed by atoms with Crippen molar-refractivity contribution in [2.45, 2.75) is 44.3 Å². The molecule has 3 atom stereocenters. The molecule has 1 aliphatic heterocycles. The van der Waals surface area contributed by atoms with Crippen LogP contribution in [0.15, 0.2) is 55.0 Å². The van der Waals surface area contributed by atoms with Crippen LogP contribution >= 0.6 is 11.6 Å². The fourth-order valence-corrected chi connectivity index (χ4v) is 5.52. The lowest BCUT2D eigenvalue weighted by Gasteiger charge is -2.26. The van der Waals surface area contributed by atoms with Crippen molar-refractivity contribution in [1.29, 1.82) is 5.26 Å². The van der Waals surface area contributed by atoms with Crippen molar-refractivity contribution >= 4 is 27.6 Å². The fraction of sp³-hybridized carbons (Fsp3) is 0.308. The van der Waals surface area contributed by atoms with Gasteiger partial charge in [-0.2, -0.15) is 5.26 Å². The molecule has 1 aliphatic rings. The summed E-state index contributed by atoms with van der Waals surface area (Å²) in [5, 5.41) is 17.2. The maximum atomic E-state index is 13.8. The standard InChI is InChI=1S/C26H25ClN8O4S/c1-15(2)39-22(23-30-12-19(27)13-31-23)16(3)40(36,37)34-26-33-32-24-20-8-5-9-29-25(20)38-14-21(35(24)26)18-7-4-6-17(10-18)11-28/h4-10,12-13,15-16,21-22H,14H2,1-3H3,(H,33,34)/t16?,21-,22?/m0/s1. The van der Waals surface area contributed by atoms with E-state index in [9.17, 15) is 13.7 Å². The summed E-state index contributed by atoms with van der Waals surface area (Å²) in [6, 6.07) is 12.0. The molecule has 3 aromatic heterocycles. The Bertz CT molecular complexity index is 1670. The zero-order chi connectivity index (χ0) is 28.4. The maximum Gasteiger partial charge on any atom is 0.240 e. The van der Waals surface area contributed by atoms with Crippen LogP contribution in [-0.4, -0.2) is 56.1 Å². The summed E-state index contributed by atoms with van der Waals surface area (Å²) >= 11 is 5.94. The number of nitrogens with one attached hydrogen (secondary N) is 1. The number of rotatable bonds is 8. The Balaban J connectivity index is 1.57. The minimum atomic E-state index is -4.15. The van der Waals surface area contributed by atoms with Crippen molar-refractivity contribution in [1.82, 2.24) is 29.7 Å². The molecule has 0 radical (unpaired) electrons. The smallest absolute Gasteiger partial charge is 0.240 e. The van der Waals surface area contributed by atoms with Crippen molar-refractivity contribution in [2.75, 3.05) is 11.3 Å². The molecular formula is C26H25ClN8O4S. The topological polar surface area (TPSA) is 158 Å². The SMILES string of the molecule is CC(C)OC(c1ncc(Cl)cn1)C(C)S(=O)(=O)Nc1nnc2n1[C@H](c1cccc(C#N)c1)COc1ncccc1-2. The Morgan fingerprint density at radius 3 is 2.65 bits per heavy atom. The van der Waals surface area contributed by atoms with Crippen LogP contribution in [0.2, 0.25) is 5.02 Å². The largest absolute Gasteiger partial charge is 0.475 e. The Morgan fingerprint density at radius 1 is 1.15 bits per heavy atom. The summed E-state index contributed by atoms with van der Waals surface area (Å²) in [6.45, 7) is 5.17. The number of ether oxygens (including phenoxy) is 2. The van der Waals surface area contributed by atoms with Crippen molar-refractivity contribution < 1.29 is 17.9 Å². The molecule has 14 heteroatoms. The minimum Gasteiger partial charge on any atom is -0.475 e. The van der Waals surface area contributed by atoms with E-state index in [-0.39, 0.29) is 24.5 Å². The summed E-state index contributed by atoms with van der Waals surface area (Å²) < 4.78 is 43.8. The molecule has 0 aliphatic carbocycles. The molecule has 0 bridgehead atoms. The number of fused-ring (bicyclic) bond motifs is 3. The van der Waals surface area contributed by atoms with E-state index >= 15 is 0 Å². The van der Waals surface area contributed by atoms with Crippen molar-refractivity contribution in [3.05, 3.63) is 77.0 Å². The van der Waals surface area contributed by atoms with E-state index in [2.05, 4.69) is 35.9 Å². The van der Waals surface area contributed by atoms with Gasteiger partial charge < -0.3 is 9.47 Å². The molecule has 1 aromatic carbocycles. The molecule has 12 nitrogen and oxygen atoms in total. The van der Waals surface area contributed by atoms with E-state index in [1.165, 1.54) is 19.3 Å². The number of sulfonamides is 1. The number of hydrogen-bond donors (Lipinski definition) is 1. The summed E-state index contributed by atoms with van der Waals surface area (Å²) in [5.41, 5.74) is 1.69. The molecule has 4 heterocycles. The van der Waals surface area contributed by atoms with Gasteiger partial charge in [-0.05, 0) is 50.6 Å². The second-order valence-corrected chi connectivity index (χ2v) is 11.8. The van der Waals surface area contributed by atoms with E-state index in [0.29, 0.717) is 33.4 Å². The quantitative estimate of drug-likeness (QED) is 0.323. The lowest BCUT2D eigenvalue weighted by molar-refractivity contribution is 0.00154. The van der Waals surface area contributed by atoms with Crippen LogP contribution < -0.4 is 9.46 Å². The van der Waals surface area contributed by atoms with Crippen LogP contribution in [0.5, 0.6) is 5.88 Å². The number of halogens is 1. The predicted octanol–water partition coefficient (Wildman–Crippen LogP) is 3.93. The molecule has 0 fully saturated rings. The number of hydrogen-bond acceptors (Lipinski definition) is 10. The highest BCUT2D eigenvalue weighted by Crippen LogP contribution is 2.37. The van der Waals surface area contributed by atoms with Gasteiger partial charge in [-0.25, -0.2) is 23.4 Å². The average Bonchev–Trinajstić information content (AvgIpc) is 3.26. The molecule has 1 N–H and O–H groups in total. The van der Waals surface area contributed by atoms with Gasteiger partial charge in [0.1, 0.15) is 18.0 Å². The Labute approximate surface area is 236 Å². The van der Waals surface area contributed by atoms with Gasteiger partial charge in [0.2, 0.25) is 21.9 Å². The molecule has 0 saturated carbocycles. The highest BCUT2D eigenvalue weighted by molar-refractivity contribution is 7.93. The summed E-state index contributed by atoms with van der Waals surface area (Å²) in [7, 11) is -4.15. The number of nitrogens with zero attached hydrogens (tertiary/aromatic N) is 7. The van der Waals surface area contributed by atoms with Gasteiger partial charge in [-0.1, -0.05) is 23.7 Å². The van der Waals surface area contributed by atoms with E-state index in [1.54, 1.807) is 54.9 Å². The lowest BCUT2D eigenvalue weighted by atomic mass is 10.0. The minimum absolute atomic E-state index is 0.0326. The van der Waals surface area contributed by atoms with Crippen LogP contribution in [0, 0.1) is 11.3 Å². The summed E-state index contributed by atoms with van der Waals surface area (Å²) in [5.74, 6) is 0.836. The molecule has 0 spiro atoms. The van der Waals surface area contributed by atoms with Gasteiger partial charge in [0.25, 0.3) is 0 Å². The van der Waals surface area contributed by atoms with E-state index in [1.807, 2.05) is 6.07 Å². The van der Waals surface area contributed by atoms with Crippen molar-refractivity contribution in [3.8, 4) is 23.3 Å². The molecule has 5 rings (SSSR count). The third-order valence-corrected chi connectivity index (χ3v) is 8.15.